The number of hydrogen-bond donors (Lipinski definition) is 3. The second kappa shape index (κ2) is 9.18. The highest BCUT2D eigenvalue weighted by Gasteiger charge is 2.43. The van der Waals surface area contributed by atoms with Gasteiger partial charge >= 0.3 is 0 Å². The zero-order chi connectivity index (χ0) is 18.5. The van der Waals surface area contributed by atoms with Crippen molar-refractivity contribution in [2.45, 2.75) is 82.8 Å². The van der Waals surface area contributed by atoms with E-state index >= 15 is 0 Å². The minimum absolute atomic E-state index is 0.164. The molecule has 0 saturated heterocycles. The monoisotopic (exact) mass is 361 g/mol. The number of nitrogens with two attached hydrogens (primary N) is 1. The summed E-state index contributed by atoms with van der Waals surface area (Å²) in [4.78, 5) is 10.8. The first-order chi connectivity index (χ1) is 12.5. The van der Waals surface area contributed by atoms with Crippen molar-refractivity contribution in [3.05, 3.63) is 23.8 Å². The van der Waals surface area contributed by atoms with Gasteiger partial charge in [0.2, 0.25) is 5.91 Å². The van der Waals surface area contributed by atoms with Crippen LogP contribution >= 0.6 is 0 Å². The maximum atomic E-state index is 10.8. The first-order valence-corrected chi connectivity index (χ1v) is 10.6. The van der Waals surface area contributed by atoms with Crippen LogP contribution in [0.5, 0.6) is 0 Å². The molecule has 3 aliphatic rings. The lowest BCUT2D eigenvalue weighted by atomic mass is 9.83. The van der Waals surface area contributed by atoms with Crippen LogP contribution in [0.2, 0.25) is 0 Å². The molecule has 0 unspecified atom stereocenters. The highest BCUT2D eigenvalue weighted by molar-refractivity contribution is 5.73. The molecule has 3 rings (SSSR count). The predicted octanol–water partition coefficient (Wildman–Crippen LogP) is 3.47. The highest BCUT2D eigenvalue weighted by Crippen LogP contribution is 2.48. The van der Waals surface area contributed by atoms with Crippen molar-refractivity contribution in [3.8, 4) is 0 Å². The molecule has 0 aromatic carbocycles. The van der Waals surface area contributed by atoms with Crippen molar-refractivity contribution < 1.29 is 15.0 Å². The summed E-state index contributed by atoms with van der Waals surface area (Å²) in [6.07, 6.45) is 17.1. The number of hydrogen-bond acceptors (Lipinski definition) is 3. The molecule has 4 N–H and O–H groups in total. The topological polar surface area (TPSA) is 83.6 Å². The van der Waals surface area contributed by atoms with E-state index in [1.165, 1.54) is 24.8 Å². The molecule has 0 aliphatic heterocycles. The van der Waals surface area contributed by atoms with Gasteiger partial charge in [0.15, 0.2) is 0 Å². The molecule has 0 heterocycles. The van der Waals surface area contributed by atoms with Crippen molar-refractivity contribution >= 4 is 5.91 Å². The molecule has 146 valence electrons. The van der Waals surface area contributed by atoms with Gasteiger partial charge in [-0.05, 0) is 62.7 Å². The number of unbranched alkanes of at least 4 members (excludes halogenated alkanes) is 1. The van der Waals surface area contributed by atoms with E-state index in [1.54, 1.807) is 0 Å². The summed E-state index contributed by atoms with van der Waals surface area (Å²) in [6, 6.07) is 0. The summed E-state index contributed by atoms with van der Waals surface area (Å²) >= 11 is 0. The number of aliphatic hydroxyl groups excluding tert-OH is 2. The molecular weight excluding hydrogens is 326 g/mol. The summed E-state index contributed by atoms with van der Waals surface area (Å²) in [6.45, 7) is 0. The number of carbonyl (C=O) groups excluding carboxylic acids is 1. The molecule has 3 aliphatic carbocycles. The van der Waals surface area contributed by atoms with Crippen LogP contribution in [0.3, 0.4) is 0 Å². The first kappa shape index (κ1) is 19.6. The minimum Gasteiger partial charge on any atom is -0.392 e. The van der Waals surface area contributed by atoms with E-state index < -0.39 is 0 Å². The summed E-state index contributed by atoms with van der Waals surface area (Å²) in [5, 5.41) is 20.9. The Balaban J connectivity index is 1.49. The second-order valence-electron chi connectivity index (χ2n) is 8.68. The number of allylic oxidation sites excluding steroid dienone is 2. The maximum Gasteiger partial charge on any atom is 0.217 e. The number of carbonyl (C=O) groups is 1. The van der Waals surface area contributed by atoms with Gasteiger partial charge in [0.25, 0.3) is 0 Å². The quantitative estimate of drug-likeness (QED) is 0.457. The molecule has 5 atom stereocenters. The van der Waals surface area contributed by atoms with Crippen molar-refractivity contribution in [1.82, 2.24) is 0 Å². The van der Waals surface area contributed by atoms with E-state index in [1.807, 2.05) is 6.08 Å². The smallest absolute Gasteiger partial charge is 0.217 e. The van der Waals surface area contributed by atoms with Crippen LogP contribution in [0.25, 0.3) is 0 Å². The SMILES string of the molecule is NC(=O)CCCCC1=C[C@H]2C[C@@H](O)[C@H](/C=C/[C@@H](O)C3CCCCC3)[C@H]2C1. The molecule has 1 amide bonds. The fraction of sp³-hybridized carbons (Fsp3) is 0.773. The highest BCUT2D eigenvalue weighted by atomic mass is 16.3. The average Bonchev–Trinajstić information content (AvgIpc) is 3.14. The Hall–Kier alpha value is -1.13. The number of fused-ring (bicyclic) bond motifs is 1. The van der Waals surface area contributed by atoms with E-state index in [4.69, 9.17) is 5.73 Å². The summed E-state index contributed by atoms with van der Waals surface area (Å²) in [5.41, 5.74) is 6.67. The molecule has 0 radical (unpaired) electrons. The fourth-order valence-electron chi connectivity index (χ4n) is 5.32. The molecule has 0 aromatic rings. The van der Waals surface area contributed by atoms with E-state index in [0.29, 0.717) is 24.2 Å². The van der Waals surface area contributed by atoms with E-state index in [9.17, 15) is 15.0 Å². The van der Waals surface area contributed by atoms with Gasteiger partial charge < -0.3 is 15.9 Å². The van der Waals surface area contributed by atoms with Gasteiger partial charge in [-0.3, -0.25) is 4.79 Å². The number of primary amides is 1. The lowest BCUT2D eigenvalue weighted by Gasteiger charge is -2.25. The molecule has 2 saturated carbocycles. The Morgan fingerprint density at radius 2 is 2.04 bits per heavy atom. The van der Waals surface area contributed by atoms with Crippen LogP contribution in [0.15, 0.2) is 23.8 Å². The molecule has 26 heavy (non-hydrogen) atoms. The third-order valence-electron chi connectivity index (χ3n) is 6.78. The Morgan fingerprint density at radius 3 is 2.77 bits per heavy atom. The Kier molecular flexibility index (Phi) is 6.93. The van der Waals surface area contributed by atoms with Crippen LogP contribution in [0.4, 0.5) is 0 Å². The number of rotatable bonds is 8. The molecule has 0 bridgehead atoms. The zero-order valence-electron chi connectivity index (χ0n) is 15.9. The first-order valence-electron chi connectivity index (χ1n) is 10.6. The van der Waals surface area contributed by atoms with E-state index in [2.05, 4.69) is 12.2 Å². The summed E-state index contributed by atoms with van der Waals surface area (Å²) in [7, 11) is 0. The molecular formula is C22H35NO3. The van der Waals surface area contributed by atoms with Crippen LogP contribution in [0.1, 0.15) is 70.6 Å². The van der Waals surface area contributed by atoms with Gasteiger partial charge in [-0.1, -0.05) is 43.1 Å². The lowest BCUT2D eigenvalue weighted by molar-refractivity contribution is -0.118. The van der Waals surface area contributed by atoms with Crippen molar-refractivity contribution in [1.29, 1.82) is 0 Å². The van der Waals surface area contributed by atoms with Gasteiger partial charge in [-0.2, -0.15) is 0 Å². The molecule has 2 fully saturated rings. The molecule has 0 spiro atoms. The van der Waals surface area contributed by atoms with Gasteiger partial charge in [0.05, 0.1) is 12.2 Å². The predicted molar refractivity (Wildman–Crippen MR) is 103 cm³/mol. The van der Waals surface area contributed by atoms with Crippen LogP contribution in [-0.4, -0.2) is 28.3 Å². The Morgan fingerprint density at radius 1 is 1.27 bits per heavy atom. The van der Waals surface area contributed by atoms with Crippen LogP contribution in [0, 0.1) is 23.7 Å². The standard InChI is InChI=1S/C22H35NO3/c23-22(26)9-5-4-6-15-12-17-14-21(25)18(19(17)13-15)10-11-20(24)16-7-2-1-3-8-16/h10-12,16-21,24-25H,1-9,13-14H2,(H2,23,26)/b11-10+/t17-,18+,19-,20+,21+/m0/s1. The fourth-order valence-corrected chi connectivity index (χ4v) is 5.32. The maximum absolute atomic E-state index is 10.8. The molecule has 4 heteroatoms. The van der Waals surface area contributed by atoms with Gasteiger partial charge in [0.1, 0.15) is 0 Å². The van der Waals surface area contributed by atoms with E-state index in [0.717, 1.165) is 44.9 Å². The Labute approximate surface area is 157 Å². The van der Waals surface area contributed by atoms with Crippen molar-refractivity contribution in [3.63, 3.8) is 0 Å². The Bertz CT molecular complexity index is 536. The number of aliphatic hydroxyl groups is 2. The number of amides is 1. The minimum atomic E-state index is -0.357. The van der Waals surface area contributed by atoms with Gasteiger partial charge in [-0.15, -0.1) is 0 Å². The zero-order valence-corrected chi connectivity index (χ0v) is 15.9. The summed E-state index contributed by atoms with van der Waals surface area (Å²) < 4.78 is 0. The second-order valence-corrected chi connectivity index (χ2v) is 8.68. The van der Waals surface area contributed by atoms with Crippen molar-refractivity contribution in [2.24, 2.45) is 29.4 Å². The van der Waals surface area contributed by atoms with Crippen molar-refractivity contribution in [2.75, 3.05) is 0 Å². The molecule has 4 nitrogen and oxygen atoms in total. The third kappa shape index (κ3) is 4.98. The lowest BCUT2D eigenvalue weighted by Crippen LogP contribution is -2.22. The van der Waals surface area contributed by atoms with Crippen LogP contribution < -0.4 is 5.73 Å². The summed E-state index contributed by atoms with van der Waals surface area (Å²) in [5.74, 6) is 1.30. The van der Waals surface area contributed by atoms with Crippen LogP contribution in [-0.2, 0) is 4.79 Å². The van der Waals surface area contributed by atoms with Gasteiger partial charge in [-0.25, -0.2) is 0 Å². The third-order valence-corrected chi connectivity index (χ3v) is 6.78. The normalized spacial score (nSPS) is 33.4. The average molecular weight is 362 g/mol. The van der Waals surface area contributed by atoms with E-state index in [-0.39, 0.29) is 24.0 Å². The molecule has 0 aromatic heterocycles. The van der Waals surface area contributed by atoms with Gasteiger partial charge in [0, 0.05) is 12.3 Å². The largest absolute Gasteiger partial charge is 0.392 e.